The molecule has 0 fully saturated rings. The fraction of sp³-hybridized carbons (Fsp3) is 0. The minimum absolute atomic E-state index is 0.231. The second-order valence-corrected chi connectivity index (χ2v) is 3.95. The van der Waals surface area contributed by atoms with Gasteiger partial charge in [-0.05, 0) is 29.3 Å². The van der Waals surface area contributed by atoms with E-state index in [9.17, 15) is 4.39 Å². The molecule has 0 radical (unpaired) electrons. The van der Waals surface area contributed by atoms with Gasteiger partial charge in [0.05, 0.1) is 6.20 Å². The summed E-state index contributed by atoms with van der Waals surface area (Å²) < 4.78 is 18.1. The third-order valence-electron chi connectivity index (χ3n) is 2.76. The fourth-order valence-electron chi connectivity index (χ4n) is 1.85. The van der Waals surface area contributed by atoms with Crippen LogP contribution in [0.2, 0.25) is 0 Å². The second-order valence-electron chi connectivity index (χ2n) is 3.95. The summed E-state index contributed by atoms with van der Waals surface area (Å²) in [6, 6.07) is 14.3. The van der Waals surface area contributed by atoms with E-state index in [0.29, 0.717) is 0 Å². The van der Waals surface area contributed by atoms with Crippen LogP contribution in [0.15, 0.2) is 65.5 Å². The molecule has 0 N–H and O–H groups in total. The van der Waals surface area contributed by atoms with Crippen LogP contribution in [0.4, 0.5) is 4.39 Å². The molecule has 0 bridgehead atoms. The van der Waals surface area contributed by atoms with Gasteiger partial charge >= 0.3 is 0 Å². The zero-order valence-electron chi connectivity index (χ0n) is 9.51. The Labute approximate surface area is 104 Å². The zero-order chi connectivity index (χ0) is 12.4. The minimum atomic E-state index is -0.231. The fourth-order valence-corrected chi connectivity index (χ4v) is 1.85. The molecule has 0 aliphatic carbocycles. The topological polar surface area (TPSA) is 26.0 Å². The first-order valence-corrected chi connectivity index (χ1v) is 5.58. The number of rotatable bonds is 2. The van der Waals surface area contributed by atoms with Gasteiger partial charge < -0.3 is 4.42 Å². The van der Waals surface area contributed by atoms with Gasteiger partial charge in [-0.25, -0.2) is 9.37 Å². The summed E-state index contributed by atoms with van der Waals surface area (Å²) in [7, 11) is 0. The third kappa shape index (κ3) is 2.02. The Balaban J connectivity index is 2.03. The van der Waals surface area contributed by atoms with E-state index in [1.807, 2.05) is 24.3 Å². The van der Waals surface area contributed by atoms with Gasteiger partial charge in [0.2, 0.25) is 0 Å². The molecule has 2 aromatic carbocycles. The first-order valence-electron chi connectivity index (χ1n) is 5.58. The standard InChI is InChI=1S/C15H10FNO/c16-14-6-4-11(5-7-14)12-2-1-3-13(8-12)15-9-17-10-18-15/h1-10H. The molecule has 3 rings (SSSR count). The summed E-state index contributed by atoms with van der Waals surface area (Å²) in [6.07, 6.45) is 3.07. The zero-order valence-corrected chi connectivity index (χ0v) is 9.51. The average molecular weight is 239 g/mol. The molecule has 2 nitrogen and oxygen atoms in total. The van der Waals surface area contributed by atoms with Crippen molar-refractivity contribution in [2.24, 2.45) is 0 Å². The largest absolute Gasteiger partial charge is 0.444 e. The van der Waals surface area contributed by atoms with Crippen molar-refractivity contribution in [2.75, 3.05) is 0 Å². The molecule has 0 atom stereocenters. The summed E-state index contributed by atoms with van der Waals surface area (Å²) in [4.78, 5) is 3.90. The van der Waals surface area contributed by atoms with Crippen LogP contribution in [0, 0.1) is 5.82 Å². The van der Waals surface area contributed by atoms with Crippen LogP contribution in [-0.2, 0) is 0 Å². The lowest BCUT2D eigenvalue weighted by Crippen LogP contribution is -1.80. The molecular weight excluding hydrogens is 229 g/mol. The minimum Gasteiger partial charge on any atom is -0.444 e. The Morgan fingerprint density at radius 2 is 1.67 bits per heavy atom. The predicted octanol–water partition coefficient (Wildman–Crippen LogP) is 4.15. The van der Waals surface area contributed by atoms with Crippen molar-refractivity contribution in [3.63, 3.8) is 0 Å². The maximum Gasteiger partial charge on any atom is 0.181 e. The Morgan fingerprint density at radius 3 is 2.39 bits per heavy atom. The molecule has 88 valence electrons. The molecule has 1 heterocycles. The van der Waals surface area contributed by atoms with Crippen LogP contribution < -0.4 is 0 Å². The highest BCUT2D eigenvalue weighted by atomic mass is 19.1. The highest BCUT2D eigenvalue weighted by Gasteiger charge is 2.04. The third-order valence-corrected chi connectivity index (χ3v) is 2.76. The Bertz CT molecular complexity index is 645. The summed E-state index contributed by atoms with van der Waals surface area (Å²) >= 11 is 0. The number of nitrogens with zero attached hydrogens (tertiary/aromatic N) is 1. The summed E-state index contributed by atoms with van der Waals surface area (Å²) in [5, 5.41) is 0. The summed E-state index contributed by atoms with van der Waals surface area (Å²) in [5.41, 5.74) is 2.94. The monoisotopic (exact) mass is 239 g/mol. The molecule has 0 amide bonds. The molecule has 1 aromatic heterocycles. The Hall–Kier alpha value is -2.42. The van der Waals surface area contributed by atoms with Crippen LogP contribution in [0.25, 0.3) is 22.5 Å². The number of hydrogen-bond donors (Lipinski definition) is 0. The summed E-state index contributed by atoms with van der Waals surface area (Å²) in [5.74, 6) is 0.490. The Kier molecular flexibility index (Phi) is 2.65. The molecule has 0 aliphatic rings. The van der Waals surface area contributed by atoms with Gasteiger partial charge in [-0.1, -0.05) is 30.3 Å². The highest BCUT2D eigenvalue weighted by molar-refractivity contribution is 5.70. The first-order chi connectivity index (χ1) is 8.83. The lowest BCUT2D eigenvalue weighted by atomic mass is 10.0. The number of aromatic nitrogens is 1. The van der Waals surface area contributed by atoms with Crippen molar-refractivity contribution in [1.29, 1.82) is 0 Å². The van der Waals surface area contributed by atoms with E-state index in [1.54, 1.807) is 18.3 Å². The van der Waals surface area contributed by atoms with Crippen LogP contribution in [-0.4, -0.2) is 4.98 Å². The maximum atomic E-state index is 12.9. The predicted molar refractivity (Wildman–Crippen MR) is 67.3 cm³/mol. The van der Waals surface area contributed by atoms with Crippen LogP contribution in [0.1, 0.15) is 0 Å². The number of oxazole rings is 1. The number of benzene rings is 2. The van der Waals surface area contributed by atoms with Crippen molar-refractivity contribution in [2.45, 2.75) is 0 Å². The van der Waals surface area contributed by atoms with E-state index in [1.165, 1.54) is 18.5 Å². The number of hydrogen-bond acceptors (Lipinski definition) is 2. The van der Waals surface area contributed by atoms with Gasteiger partial charge in [-0.3, -0.25) is 0 Å². The van der Waals surface area contributed by atoms with E-state index < -0.39 is 0 Å². The number of halogens is 1. The van der Waals surface area contributed by atoms with E-state index in [2.05, 4.69) is 4.98 Å². The van der Waals surface area contributed by atoms with E-state index in [-0.39, 0.29) is 5.82 Å². The lowest BCUT2D eigenvalue weighted by molar-refractivity contribution is 0.572. The highest BCUT2D eigenvalue weighted by Crippen LogP contribution is 2.26. The maximum absolute atomic E-state index is 12.9. The average Bonchev–Trinajstić information content (AvgIpc) is 2.94. The van der Waals surface area contributed by atoms with E-state index in [0.717, 1.165) is 22.5 Å². The van der Waals surface area contributed by atoms with Gasteiger partial charge in [-0.2, -0.15) is 0 Å². The van der Waals surface area contributed by atoms with E-state index in [4.69, 9.17) is 4.42 Å². The normalized spacial score (nSPS) is 10.5. The molecular formula is C15H10FNO. The molecule has 0 spiro atoms. The van der Waals surface area contributed by atoms with Gasteiger partial charge in [0.25, 0.3) is 0 Å². The smallest absolute Gasteiger partial charge is 0.181 e. The molecule has 0 unspecified atom stereocenters. The van der Waals surface area contributed by atoms with Gasteiger partial charge in [0.15, 0.2) is 12.2 Å². The van der Waals surface area contributed by atoms with Crippen molar-refractivity contribution < 1.29 is 8.81 Å². The first kappa shape index (κ1) is 10.7. The second kappa shape index (κ2) is 4.45. The van der Waals surface area contributed by atoms with Crippen LogP contribution in [0.3, 0.4) is 0 Å². The Morgan fingerprint density at radius 1 is 0.889 bits per heavy atom. The molecule has 0 saturated heterocycles. The molecule has 3 heteroatoms. The van der Waals surface area contributed by atoms with Crippen molar-refractivity contribution >= 4 is 0 Å². The molecule has 0 saturated carbocycles. The van der Waals surface area contributed by atoms with Crippen molar-refractivity contribution in [3.8, 4) is 22.5 Å². The molecule has 18 heavy (non-hydrogen) atoms. The van der Waals surface area contributed by atoms with Gasteiger partial charge in [0, 0.05) is 5.56 Å². The van der Waals surface area contributed by atoms with Crippen molar-refractivity contribution in [3.05, 3.63) is 66.9 Å². The van der Waals surface area contributed by atoms with Crippen LogP contribution >= 0.6 is 0 Å². The SMILES string of the molecule is Fc1ccc(-c2cccc(-c3cnco3)c2)cc1. The summed E-state index contributed by atoms with van der Waals surface area (Å²) in [6.45, 7) is 0. The lowest BCUT2D eigenvalue weighted by Gasteiger charge is -2.03. The van der Waals surface area contributed by atoms with Gasteiger partial charge in [0.1, 0.15) is 5.82 Å². The van der Waals surface area contributed by atoms with Crippen LogP contribution in [0.5, 0.6) is 0 Å². The molecule has 0 aliphatic heterocycles. The van der Waals surface area contributed by atoms with Crippen molar-refractivity contribution in [1.82, 2.24) is 4.98 Å². The quantitative estimate of drug-likeness (QED) is 0.671. The molecule has 3 aromatic rings. The van der Waals surface area contributed by atoms with E-state index >= 15 is 0 Å². The van der Waals surface area contributed by atoms with Gasteiger partial charge in [-0.15, -0.1) is 0 Å².